The summed E-state index contributed by atoms with van der Waals surface area (Å²) >= 11 is 1.71. The number of hydrogen-bond donors (Lipinski definition) is 2. The van der Waals surface area contributed by atoms with Gasteiger partial charge in [0.2, 0.25) is 5.91 Å². The van der Waals surface area contributed by atoms with E-state index < -0.39 is 5.97 Å². The summed E-state index contributed by atoms with van der Waals surface area (Å²) in [4.78, 5) is 22.7. The second kappa shape index (κ2) is 9.27. The molecule has 1 unspecified atom stereocenters. The van der Waals surface area contributed by atoms with Crippen LogP contribution < -0.4 is 5.32 Å². The Kier molecular flexibility index (Phi) is 7.05. The minimum absolute atomic E-state index is 0.0841. The van der Waals surface area contributed by atoms with E-state index in [0.29, 0.717) is 19.3 Å². The Morgan fingerprint density at radius 2 is 2.08 bits per heavy atom. The van der Waals surface area contributed by atoms with Crippen LogP contribution in [0.5, 0.6) is 0 Å². The molecule has 0 fully saturated rings. The van der Waals surface area contributed by atoms with E-state index in [1.807, 2.05) is 35.1 Å². The Labute approximate surface area is 144 Å². The lowest BCUT2D eigenvalue weighted by Crippen LogP contribution is -2.30. The fraction of sp³-hybridized carbons (Fsp3) is 0.500. The van der Waals surface area contributed by atoms with Gasteiger partial charge in [-0.05, 0) is 43.4 Å². The lowest BCUT2D eigenvalue weighted by Gasteiger charge is -2.17. The third-order valence-electron chi connectivity index (χ3n) is 3.64. The number of thioether (sulfide) groups is 1. The van der Waals surface area contributed by atoms with E-state index in [1.54, 1.807) is 11.8 Å². The van der Waals surface area contributed by atoms with Gasteiger partial charge in [0.05, 0.1) is 6.04 Å². The quantitative estimate of drug-likeness (QED) is 0.638. The van der Waals surface area contributed by atoms with Gasteiger partial charge in [0.25, 0.3) is 0 Å². The predicted octanol–water partition coefficient (Wildman–Crippen LogP) is 2.28. The van der Waals surface area contributed by atoms with Gasteiger partial charge in [-0.15, -0.1) is 10.2 Å². The van der Waals surface area contributed by atoms with Crippen molar-refractivity contribution >= 4 is 29.3 Å². The average molecular weight is 350 g/mol. The largest absolute Gasteiger partial charge is 0.481 e. The van der Waals surface area contributed by atoms with Crippen molar-refractivity contribution in [3.8, 4) is 0 Å². The molecule has 0 aliphatic heterocycles. The van der Waals surface area contributed by atoms with E-state index in [2.05, 4.69) is 15.5 Å². The standard InChI is InChI=1S/C16H22N4O3S/c1-24-11-9-12(17-14(21)7-2-3-8-15(22)23)16-19-18-13-6-4-5-10-20(13)16/h4-6,10,12H,2-3,7-9,11H2,1H3,(H,17,21)(H,22,23). The molecule has 0 aliphatic rings. The molecule has 0 aromatic carbocycles. The van der Waals surface area contributed by atoms with Crippen LogP contribution in [-0.4, -0.2) is 43.6 Å². The van der Waals surface area contributed by atoms with Crippen LogP contribution in [0.3, 0.4) is 0 Å². The molecule has 8 heteroatoms. The third kappa shape index (κ3) is 5.23. The zero-order chi connectivity index (χ0) is 17.4. The number of aromatic nitrogens is 3. The van der Waals surface area contributed by atoms with E-state index in [9.17, 15) is 9.59 Å². The summed E-state index contributed by atoms with van der Waals surface area (Å²) in [5.74, 6) is 0.701. The van der Waals surface area contributed by atoms with Gasteiger partial charge >= 0.3 is 5.97 Å². The minimum atomic E-state index is -0.830. The predicted molar refractivity (Wildman–Crippen MR) is 93.0 cm³/mol. The molecule has 7 nitrogen and oxygen atoms in total. The van der Waals surface area contributed by atoms with Gasteiger partial charge in [-0.3, -0.25) is 14.0 Å². The highest BCUT2D eigenvalue weighted by Crippen LogP contribution is 2.18. The van der Waals surface area contributed by atoms with Gasteiger partial charge in [-0.1, -0.05) is 6.07 Å². The summed E-state index contributed by atoms with van der Waals surface area (Å²) in [7, 11) is 0. The maximum atomic E-state index is 12.2. The van der Waals surface area contributed by atoms with E-state index in [4.69, 9.17) is 5.11 Å². The molecule has 0 bridgehead atoms. The second-order valence-corrected chi connectivity index (χ2v) is 6.48. The van der Waals surface area contributed by atoms with Crippen molar-refractivity contribution in [3.05, 3.63) is 30.2 Å². The van der Waals surface area contributed by atoms with Crippen molar-refractivity contribution in [1.82, 2.24) is 19.9 Å². The number of amides is 1. The number of carboxylic acids is 1. The monoisotopic (exact) mass is 350 g/mol. The Morgan fingerprint density at radius 3 is 2.83 bits per heavy atom. The van der Waals surface area contributed by atoms with Crippen molar-refractivity contribution in [2.45, 2.75) is 38.1 Å². The summed E-state index contributed by atoms with van der Waals surface area (Å²) < 4.78 is 1.88. The van der Waals surface area contributed by atoms with Crippen molar-refractivity contribution in [1.29, 1.82) is 0 Å². The smallest absolute Gasteiger partial charge is 0.303 e. The van der Waals surface area contributed by atoms with Crippen LogP contribution in [-0.2, 0) is 9.59 Å². The van der Waals surface area contributed by atoms with Crippen LogP contribution in [0.25, 0.3) is 5.65 Å². The molecule has 2 N–H and O–H groups in total. The van der Waals surface area contributed by atoms with Crippen molar-refractivity contribution in [3.63, 3.8) is 0 Å². The molecule has 130 valence electrons. The molecule has 0 radical (unpaired) electrons. The molecule has 0 saturated carbocycles. The molecule has 2 heterocycles. The van der Waals surface area contributed by atoms with E-state index in [1.165, 1.54) is 0 Å². The lowest BCUT2D eigenvalue weighted by molar-refractivity contribution is -0.137. The number of aliphatic carboxylic acids is 1. The van der Waals surface area contributed by atoms with Gasteiger partial charge in [-0.2, -0.15) is 11.8 Å². The summed E-state index contributed by atoms with van der Waals surface area (Å²) in [6.45, 7) is 0. The Balaban J connectivity index is 2.00. The SMILES string of the molecule is CSCCC(NC(=O)CCCCC(=O)O)c1nnc2ccccn12. The van der Waals surface area contributed by atoms with Crippen LogP contribution in [0.1, 0.15) is 44.0 Å². The van der Waals surface area contributed by atoms with Gasteiger partial charge in [0.1, 0.15) is 0 Å². The molecular formula is C16H22N4O3S. The first-order valence-corrected chi connectivity index (χ1v) is 9.31. The first-order valence-electron chi connectivity index (χ1n) is 7.91. The van der Waals surface area contributed by atoms with Crippen LogP contribution in [0.4, 0.5) is 0 Å². The Bertz CT molecular complexity index is 689. The maximum Gasteiger partial charge on any atom is 0.303 e. The van der Waals surface area contributed by atoms with Gasteiger partial charge < -0.3 is 10.4 Å². The molecule has 2 aromatic heterocycles. The van der Waals surface area contributed by atoms with Gasteiger partial charge in [0, 0.05) is 19.0 Å². The molecule has 0 saturated heterocycles. The van der Waals surface area contributed by atoms with Crippen LogP contribution in [0.2, 0.25) is 0 Å². The molecule has 1 atom stereocenters. The zero-order valence-electron chi connectivity index (χ0n) is 13.6. The number of pyridine rings is 1. The molecular weight excluding hydrogens is 328 g/mol. The summed E-state index contributed by atoms with van der Waals surface area (Å²) in [5, 5.41) is 20.0. The van der Waals surface area contributed by atoms with Crippen molar-refractivity contribution in [2.75, 3.05) is 12.0 Å². The molecule has 0 spiro atoms. The first-order chi connectivity index (χ1) is 11.6. The van der Waals surface area contributed by atoms with E-state index in [-0.39, 0.29) is 18.4 Å². The number of nitrogens with zero attached hydrogens (tertiary/aromatic N) is 3. The summed E-state index contributed by atoms with van der Waals surface area (Å²) in [5.41, 5.74) is 0.748. The second-order valence-electron chi connectivity index (χ2n) is 5.49. The van der Waals surface area contributed by atoms with Crippen LogP contribution in [0.15, 0.2) is 24.4 Å². The third-order valence-corrected chi connectivity index (χ3v) is 4.29. The van der Waals surface area contributed by atoms with Gasteiger partial charge in [-0.25, -0.2) is 0 Å². The number of unbranched alkanes of at least 4 members (excludes halogenated alkanes) is 1. The molecule has 2 rings (SSSR count). The van der Waals surface area contributed by atoms with Crippen molar-refractivity contribution < 1.29 is 14.7 Å². The number of nitrogens with one attached hydrogen (secondary N) is 1. The zero-order valence-corrected chi connectivity index (χ0v) is 14.5. The number of carboxylic acid groups (broad SMARTS) is 1. The van der Waals surface area contributed by atoms with E-state index >= 15 is 0 Å². The molecule has 1 amide bonds. The Morgan fingerprint density at radius 1 is 1.29 bits per heavy atom. The van der Waals surface area contributed by atoms with Crippen molar-refractivity contribution in [2.24, 2.45) is 0 Å². The minimum Gasteiger partial charge on any atom is -0.481 e. The van der Waals surface area contributed by atoms with Crippen LogP contribution in [0, 0.1) is 0 Å². The number of fused-ring (bicyclic) bond motifs is 1. The number of carbonyl (C=O) groups is 2. The molecule has 24 heavy (non-hydrogen) atoms. The maximum absolute atomic E-state index is 12.2. The Hall–Kier alpha value is -2.09. The van der Waals surface area contributed by atoms with Gasteiger partial charge in [0.15, 0.2) is 11.5 Å². The highest BCUT2D eigenvalue weighted by Gasteiger charge is 2.19. The number of carbonyl (C=O) groups excluding carboxylic acids is 1. The molecule has 0 aliphatic carbocycles. The highest BCUT2D eigenvalue weighted by molar-refractivity contribution is 7.98. The summed E-state index contributed by atoms with van der Waals surface area (Å²) in [6.07, 6.45) is 6.15. The first kappa shape index (κ1) is 18.3. The number of hydrogen-bond acceptors (Lipinski definition) is 5. The average Bonchev–Trinajstić information content (AvgIpc) is 2.99. The normalized spacial score (nSPS) is 12.2. The van der Waals surface area contributed by atoms with Crippen LogP contribution >= 0.6 is 11.8 Å². The number of rotatable bonds is 10. The lowest BCUT2D eigenvalue weighted by atomic mass is 10.1. The fourth-order valence-corrected chi connectivity index (χ4v) is 2.90. The van der Waals surface area contributed by atoms with E-state index in [0.717, 1.165) is 23.6 Å². The topological polar surface area (TPSA) is 96.6 Å². The molecule has 2 aromatic rings. The fourth-order valence-electron chi connectivity index (χ4n) is 2.43. The summed E-state index contributed by atoms with van der Waals surface area (Å²) in [6, 6.07) is 5.46. The highest BCUT2D eigenvalue weighted by atomic mass is 32.2.